The van der Waals surface area contributed by atoms with Crippen molar-refractivity contribution in [2.24, 2.45) is 0 Å². The van der Waals surface area contributed by atoms with Crippen LogP contribution in [0.2, 0.25) is 0 Å². The van der Waals surface area contributed by atoms with Crippen molar-refractivity contribution in [2.75, 3.05) is 30.9 Å². The number of pyridine rings is 1. The van der Waals surface area contributed by atoms with Gasteiger partial charge in [-0.15, -0.1) is 0 Å². The topological polar surface area (TPSA) is 45.2 Å². The molecule has 0 bridgehead atoms. The molecule has 1 amide bonds. The molecule has 100 valence electrons. The van der Waals surface area contributed by atoms with Crippen molar-refractivity contribution in [3.05, 3.63) is 23.9 Å². The number of amides is 1. The molecule has 0 aliphatic heterocycles. The maximum atomic E-state index is 12.2. The molecule has 4 nitrogen and oxygen atoms in total. The van der Waals surface area contributed by atoms with Gasteiger partial charge in [-0.05, 0) is 32.2 Å². The molecule has 0 fully saturated rings. The Morgan fingerprint density at radius 3 is 2.78 bits per heavy atom. The Morgan fingerprint density at radius 2 is 2.28 bits per heavy atom. The minimum absolute atomic E-state index is 0.0205. The lowest BCUT2D eigenvalue weighted by atomic mass is 10.2. The summed E-state index contributed by atoms with van der Waals surface area (Å²) in [5.74, 6) is 1.76. The van der Waals surface area contributed by atoms with Crippen molar-refractivity contribution < 1.29 is 4.79 Å². The van der Waals surface area contributed by atoms with Crippen molar-refractivity contribution in [1.29, 1.82) is 0 Å². The molecule has 1 aromatic heterocycles. The second kappa shape index (κ2) is 7.26. The van der Waals surface area contributed by atoms with E-state index in [-0.39, 0.29) is 11.9 Å². The fraction of sp³-hybridized carbons (Fsp3) is 0.538. The Morgan fingerprint density at radius 1 is 1.56 bits per heavy atom. The second-order valence-corrected chi connectivity index (χ2v) is 5.09. The van der Waals surface area contributed by atoms with Gasteiger partial charge in [0.2, 0.25) is 0 Å². The molecule has 5 heteroatoms. The van der Waals surface area contributed by atoms with Crippen LogP contribution < -0.4 is 5.32 Å². The molecule has 1 heterocycles. The molecule has 0 aromatic carbocycles. The summed E-state index contributed by atoms with van der Waals surface area (Å²) in [6, 6.07) is 3.88. The van der Waals surface area contributed by atoms with E-state index in [1.165, 1.54) is 0 Å². The van der Waals surface area contributed by atoms with Crippen LogP contribution in [-0.4, -0.2) is 47.4 Å². The van der Waals surface area contributed by atoms with Crippen LogP contribution in [0.25, 0.3) is 0 Å². The van der Waals surface area contributed by atoms with E-state index in [1.54, 1.807) is 22.9 Å². The molecule has 18 heavy (non-hydrogen) atoms. The highest BCUT2D eigenvalue weighted by atomic mass is 32.2. The summed E-state index contributed by atoms with van der Waals surface area (Å²) >= 11 is 1.74. The molecule has 0 aliphatic carbocycles. The minimum Gasteiger partial charge on any atom is -0.370 e. The Hall–Kier alpha value is -1.23. The van der Waals surface area contributed by atoms with Gasteiger partial charge in [0, 0.05) is 31.6 Å². The van der Waals surface area contributed by atoms with Crippen molar-refractivity contribution in [3.63, 3.8) is 0 Å². The summed E-state index contributed by atoms with van der Waals surface area (Å²) < 4.78 is 0. The number of thioether (sulfide) groups is 1. The van der Waals surface area contributed by atoms with Crippen LogP contribution in [0.15, 0.2) is 18.3 Å². The van der Waals surface area contributed by atoms with E-state index >= 15 is 0 Å². The summed E-state index contributed by atoms with van der Waals surface area (Å²) in [4.78, 5) is 18.2. The fourth-order valence-electron chi connectivity index (χ4n) is 1.56. The first-order valence-corrected chi connectivity index (χ1v) is 7.45. The quantitative estimate of drug-likeness (QED) is 0.859. The van der Waals surface area contributed by atoms with Crippen molar-refractivity contribution >= 4 is 23.5 Å². The number of carbonyl (C=O) groups excluding carboxylic acids is 1. The molecule has 0 saturated heterocycles. The van der Waals surface area contributed by atoms with Crippen LogP contribution in [0.5, 0.6) is 0 Å². The standard InChI is InChI=1S/C13H21N3OS/c1-5-14-12-7-6-11(8-15-12)13(17)16(3)10(2)9-18-4/h6-8,10H,5,9H2,1-4H3,(H,14,15). The molecule has 0 saturated carbocycles. The Labute approximate surface area is 113 Å². The number of carbonyl (C=O) groups is 1. The Balaban J connectivity index is 2.71. The lowest BCUT2D eigenvalue weighted by Gasteiger charge is -2.24. The van der Waals surface area contributed by atoms with Crippen LogP contribution in [0.1, 0.15) is 24.2 Å². The highest BCUT2D eigenvalue weighted by molar-refractivity contribution is 7.98. The van der Waals surface area contributed by atoms with Gasteiger partial charge in [-0.25, -0.2) is 4.98 Å². The summed E-state index contributed by atoms with van der Waals surface area (Å²) in [5, 5.41) is 3.11. The third kappa shape index (κ3) is 3.91. The Bertz CT molecular complexity index is 380. The number of nitrogens with zero attached hydrogens (tertiary/aromatic N) is 2. The molecule has 1 atom stereocenters. The van der Waals surface area contributed by atoms with Crippen LogP contribution in [-0.2, 0) is 0 Å². The first kappa shape index (κ1) is 14.8. The normalized spacial score (nSPS) is 12.0. The summed E-state index contributed by atoms with van der Waals surface area (Å²) in [7, 11) is 1.83. The zero-order chi connectivity index (χ0) is 13.5. The summed E-state index contributed by atoms with van der Waals surface area (Å²) in [6.45, 7) is 4.89. The minimum atomic E-state index is 0.0205. The van der Waals surface area contributed by atoms with E-state index in [4.69, 9.17) is 0 Å². The molecule has 0 aliphatic rings. The number of rotatable bonds is 6. The summed E-state index contributed by atoms with van der Waals surface area (Å²) in [6.07, 6.45) is 3.67. The van der Waals surface area contributed by atoms with E-state index in [0.29, 0.717) is 5.56 Å². The van der Waals surface area contributed by atoms with Crippen LogP contribution in [0.4, 0.5) is 5.82 Å². The average Bonchev–Trinajstić information content (AvgIpc) is 2.38. The highest BCUT2D eigenvalue weighted by Gasteiger charge is 2.17. The van der Waals surface area contributed by atoms with Gasteiger partial charge in [0.25, 0.3) is 5.91 Å². The smallest absolute Gasteiger partial charge is 0.255 e. The average molecular weight is 267 g/mol. The van der Waals surface area contributed by atoms with Gasteiger partial charge in [-0.1, -0.05) is 0 Å². The van der Waals surface area contributed by atoms with Crippen LogP contribution in [0.3, 0.4) is 0 Å². The van der Waals surface area contributed by atoms with Crippen molar-refractivity contribution in [3.8, 4) is 0 Å². The van der Waals surface area contributed by atoms with Gasteiger partial charge in [-0.2, -0.15) is 11.8 Å². The van der Waals surface area contributed by atoms with Crippen molar-refractivity contribution in [1.82, 2.24) is 9.88 Å². The van der Waals surface area contributed by atoms with E-state index in [9.17, 15) is 4.79 Å². The van der Waals surface area contributed by atoms with Gasteiger partial charge < -0.3 is 10.2 Å². The van der Waals surface area contributed by atoms with E-state index < -0.39 is 0 Å². The fourth-order valence-corrected chi connectivity index (χ4v) is 2.27. The lowest BCUT2D eigenvalue weighted by Crippen LogP contribution is -2.36. The lowest BCUT2D eigenvalue weighted by molar-refractivity contribution is 0.0757. The second-order valence-electron chi connectivity index (χ2n) is 4.18. The SMILES string of the molecule is CCNc1ccc(C(=O)N(C)C(C)CSC)cn1. The van der Waals surface area contributed by atoms with Gasteiger partial charge >= 0.3 is 0 Å². The van der Waals surface area contributed by atoms with E-state index in [2.05, 4.69) is 17.2 Å². The number of hydrogen-bond donors (Lipinski definition) is 1. The Kier molecular flexibility index (Phi) is 5.98. The molecule has 0 radical (unpaired) electrons. The van der Waals surface area contributed by atoms with E-state index in [1.807, 2.05) is 32.4 Å². The number of nitrogens with one attached hydrogen (secondary N) is 1. The predicted octanol–water partition coefficient (Wildman–Crippen LogP) is 2.34. The molecule has 1 rings (SSSR count). The van der Waals surface area contributed by atoms with Gasteiger partial charge in [0.15, 0.2) is 0 Å². The predicted molar refractivity (Wildman–Crippen MR) is 78.3 cm³/mol. The first-order valence-electron chi connectivity index (χ1n) is 6.06. The van der Waals surface area contributed by atoms with Crippen molar-refractivity contribution in [2.45, 2.75) is 19.9 Å². The first-order chi connectivity index (χ1) is 8.60. The highest BCUT2D eigenvalue weighted by Crippen LogP contribution is 2.11. The third-order valence-corrected chi connectivity index (χ3v) is 3.57. The molecule has 1 unspecified atom stereocenters. The van der Waals surface area contributed by atoms with Crippen LogP contribution >= 0.6 is 11.8 Å². The molecular weight excluding hydrogens is 246 g/mol. The molecule has 0 spiro atoms. The summed E-state index contributed by atoms with van der Waals surface area (Å²) in [5.41, 5.74) is 0.632. The van der Waals surface area contributed by atoms with Crippen LogP contribution in [0, 0.1) is 0 Å². The largest absolute Gasteiger partial charge is 0.370 e. The molecule has 1 N–H and O–H groups in total. The zero-order valence-corrected chi connectivity index (χ0v) is 12.3. The number of anilines is 1. The molecule has 1 aromatic rings. The maximum Gasteiger partial charge on any atom is 0.255 e. The number of hydrogen-bond acceptors (Lipinski definition) is 4. The zero-order valence-electron chi connectivity index (χ0n) is 11.4. The van der Waals surface area contributed by atoms with Gasteiger partial charge in [-0.3, -0.25) is 4.79 Å². The van der Waals surface area contributed by atoms with Gasteiger partial charge in [0.05, 0.1) is 5.56 Å². The maximum absolute atomic E-state index is 12.2. The van der Waals surface area contributed by atoms with E-state index in [0.717, 1.165) is 18.1 Å². The number of aromatic nitrogens is 1. The molecular formula is C13H21N3OS. The third-order valence-electron chi connectivity index (χ3n) is 2.76. The van der Waals surface area contributed by atoms with Gasteiger partial charge in [0.1, 0.15) is 5.82 Å². The monoisotopic (exact) mass is 267 g/mol.